The van der Waals surface area contributed by atoms with Gasteiger partial charge in [0.25, 0.3) is 0 Å². The normalized spacial score (nSPS) is 14.2. The van der Waals surface area contributed by atoms with Crippen molar-refractivity contribution in [2.75, 3.05) is 6.54 Å². The smallest absolute Gasteiger partial charge is 0.310 e. The van der Waals surface area contributed by atoms with Crippen molar-refractivity contribution in [3.63, 3.8) is 0 Å². The van der Waals surface area contributed by atoms with Crippen LogP contribution in [0.1, 0.15) is 58.1 Å². The van der Waals surface area contributed by atoms with Gasteiger partial charge in [0.15, 0.2) is 0 Å². The highest BCUT2D eigenvalue weighted by atomic mass is 19.4. The van der Waals surface area contributed by atoms with E-state index in [1.165, 1.54) is 5.56 Å². The highest BCUT2D eigenvalue weighted by Crippen LogP contribution is 2.29. The molecule has 0 fully saturated rings. The fourth-order valence-electron chi connectivity index (χ4n) is 2.33. The molecule has 0 bridgehead atoms. The van der Waals surface area contributed by atoms with Gasteiger partial charge in [0.1, 0.15) is 0 Å². The molecule has 1 unspecified atom stereocenters. The summed E-state index contributed by atoms with van der Waals surface area (Å²) in [5.74, 6) is 0. The number of halogens is 3. The van der Waals surface area contributed by atoms with E-state index in [0.29, 0.717) is 13.0 Å². The number of hydrogen-bond acceptors (Lipinski definition) is 1. The lowest BCUT2D eigenvalue weighted by Crippen LogP contribution is -2.26. The molecule has 0 radical (unpaired) electrons. The van der Waals surface area contributed by atoms with Gasteiger partial charge in [-0.1, -0.05) is 51.1 Å². The molecule has 120 valence electrons. The summed E-state index contributed by atoms with van der Waals surface area (Å²) >= 11 is 0. The lowest BCUT2D eigenvalue weighted by atomic mass is 9.85. The number of nitrogens with one attached hydrogen (secondary N) is 1. The summed E-state index contributed by atoms with van der Waals surface area (Å²) in [6.07, 6.45) is -3.04. The maximum atomic E-state index is 12.1. The maximum absolute atomic E-state index is 12.1. The Hall–Kier alpha value is -1.03. The van der Waals surface area contributed by atoms with E-state index in [9.17, 15) is 13.2 Å². The zero-order valence-electron chi connectivity index (χ0n) is 13.1. The highest BCUT2D eigenvalue weighted by molar-refractivity contribution is 5.19. The Labute approximate surface area is 125 Å². The summed E-state index contributed by atoms with van der Waals surface area (Å²) in [5.41, 5.74) is 1.36. The van der Waals surface area contributed by atoms with Crippen LogP contribution in [0, 0.1) is 5.41 Å². The molecular formula is C17H26F3N. The Kier molecular flexibility index (Phi) is 6.72. The van der Waals surface area contributed by atoms with Gasteiger partial charge >= 0.3 is 6.18 Å². The molecule has 0 saturated heterocycles. The number of rotatable bonds is 7. The van der Waals surface area contributed by atoms with Gasteiger partial charge in [0.2, 0.25) is 0 Å². The quantitative estimate of drug-likeness (QED) is 0.657. The predicted octanol–water partition coefficient (Wildman–Crippen LogP) is 5.49. The van der Waals surface area contributed by atoms with Crippen LogP contribution in [0.4, 0.5) is 13.2 Å². The van der Waals surface area contributed by atoms with E-state index >= 15 is 0 Å². The van der Waals surface area contributed by atoms with Crippen molar-refractivity contribution in [1.29, 1.82) is 0 Å². The Balaban J connectivity index is 2.47. The second-order valence-corrected chi connectivity index (χ2v) is 6.75. The number of unbranched alkanes of at least 4 members (excludes halogenated alkanes) is 1. The summed E-state index contributed by atoms with van der Waals surface area (Å²) in [4.78, 5) is 0. The van der Waals surface area contributed by atoms with E-state index in [-0.39, 0.29) is 17.9 Å². The van der Waals surface area contributed by atoms with Crippen LogP contribution < -0.4 is 5.32 Å². The maximum Gasteiger partial charge on any atom is 0.389 e. The minimum atomic E-state index is -4.04. The van der Waals surface area contributed by atoms with Gasteiger partial charge < -0.3 is 5.32 Å². The molecule has 21 heavy (non-hydrogen) atoms. The van der Waals surface area contributed by atoms with Crippen LogP contribution in [0.2, 0.25) is 0 Å². The van der Waals surface area contributed by atoms with Crippen LogP contribution in [0.3, 0.4) is 0 Å². The van der Waals surface area contributed by atoms with Gasteiger partial charge in [0, 0.05) is 12.5 Å². The third-order valence-corrected chi connectivity index (χ3v) is 3.30. The first-order valence-electron chi connectivity index (χ1n) is 7.52. The first kappa shape index (κ1) is 18.0. The monoisotopic (exact) mass is 301 g/mol. The van der Waals surface area contributed by atoms with Gasteiger partial charge in [-0.15, -0.1) is 0 Å². The van der Waals surface area contributed by atoms with Gasteiger partial charge in [-0.3, -0.25) is 0 Å². The van der Waals surface area contributed by atoms with Crippen molar-refractivity contribution in [2.45, 2.75) is 58.7 Å². The Morgan fingerprint density at radius 3 is 2.14 bits per heavy atom. The summed E-state index contributed by atoms with van der Waals surface area (Å²) in [6.45, 7) is 7.14. The fourth-order valence-corrected chi connectivity index (χ4v) is 2.33. The molecular weight excluding hydrogens is 275 g/mol. The SMILES string of the molecule is CC(C)(C)CC(NCCCCC(F)(F)F)c1ccccc1. The molecule has 1 atom stereocenters. The van der Waals surface area contributed by atoms with E-state index in [1.807, 2.05) is 18.2 Å². The average Bonchev–Trinajstić information content (AvgIpc) is 2.35. The third-order valence-electron chi connectivity index (χ3n) is 3.30. The largest absolute Gasteiger partial charge is 0.389 e. The molecule has 1 nitrogen and oxygen atoms in total. The highest BCUT2D eigenvalue weighted by Gasteiger charge is 2.26. The van der Waals surface area contributed by atoms with Crippen LogP contribution in [0.5, 0.6) is 0 Å². The number of alkyl halides is 3. The average molecular weight is 301 g/mol. The Morgan fingerprint density at radius 2 is 1.62 bits per heavy atom. The molecule has 0 aliphatic carbocycles. The van der Waals surface area contributed by atoms with Crippen LogP contribution in [0.25, 0.3) is 0 Å². The van der Waals surface area contributed by atoms with Gasteiger partial charge in [0.05, 0.1) is 0 Å². The number of benzene rings is 1. The first-order valence-corrected chi connectivity index (χ1v) is 7.52. The summed E-state index contributed by atoms with van der Waals surface area (Å²) in [5, 5.41) is 3.41. The molecule has 0 heterocycles. The molecule has 0 aliphatic rings. The van der Waals surface area contributed by atoms with E-state index in [1.54, 1.807) is 0 Å². The van der Waals surface area contributed by atoms with Gasteiger partial charge in [-0.2, -0.15) is 13.2 Å². The molecule has 0 aromatic heterocycles. The summed E-state index contributed by atoms with van der Waals surface area (Å²) in [6, 6.07) is 10.3. The van der Waals surface area contributed by atoms with Crippen LogP contribution in [-0.4, -0.2) is 12.7 Å². The Morgan fingerprint density at radius 1 is 1.00 bits per heavy atom. The lowest BCUT2D eigenvalue weighted by Gasteiger charge is -2.27. The standard InChI is InChI=1S/C17H26F3N/c1-16(2,3)13-15(14-9-5-4-6-10-14)21-12-8-7-11-17(18,19)20/h4-6,9-10,15,21H,7-8,11-13H2,1-3H3. The summed E-state index contributed by atoms with van der Waals surface area (Å²) in [7, 11) is 0. The van der Waals surface area contributed by atoms with E-state index < -0.39 is 12.6 Å². The van der Waals surface area contributed by atoms with Crippen molar-refractivity contribution in [1.82, 2.24) is 5.32 Å². The minimum Gasteiger partial charge on any atom is -0.310 e. The van der Waals surface area contributed by atoms with Crippen molar-refractivity contribution < 1.29 is 13.2 Å². The molecule has 1 aromatic rings. The molecule has 0 saturated carbocycles. The molecule has 0 amide bonds. The Bertz CT molecular complexity index is 393. The van der Waals surface area contributed by atoms with Gasteiger partial charge in [-0.25, -0.2) is 0 Å². The van der Waals surface area contributed by atoms with Crippen LogP contribution in [-0.2, 0) is 0 Å². The number of hydrogen-bond donors (Lipinski definition) is 1. The molecule has 1 aromatic carbocycles. The molecule has 1 rings (SSSR count). The topological polar surface area (TPSA) is 12.0 Å². The minimum absolute atomic E-state index is 0.166. The molecule has 0 aliphatic heterocycles. The zero-order valence-corrected chi connectivity index (χ0v) is 13.1. The first-order chi connectivity index (χ1) is 9.67. The van der Waals surface area contributed by atoms with Crippen LogP contribution in [0.15, 0.2) is 30.3 Å². The van der Waals surface area contributed by atoms with E-state index in [2.05, 4.69) is 38.2 Å². The fraction of sp³-hybridized carbons (Fsp3) is 0.647. The van der Waals surface area contributed by atoms with E-state index in [0.717, 1.165) is 6.42 Å². The lowest BCUT2D eigenvalue weighted by molar-refractivity contribution is -0.135. The van der Waals surface area contributed by atoms with Crippen molar-refractivity contribution in [3.8, 4) is 0 Å². The molecule has 1 N–H and O–H groups in total. The van der Waals surface area contributed by atoms with Crippen molar-refractivity contribution >= 4 is 0 Å². The second kappa shape index (κ2) is 7.83. The molecule has 0 spiro atoms. The predicted molar refractivity (Wildman–Crippen MR) is 81.2 cm³/mol. The molecule has 4 heteroatoms. The van der Waals surface area contributed by atoms with Crippen molar-refractivity contribution in [3.05, 3.63) is 35.9 Å². The second-order valence-electron chi connectivity index (χ2n) is 6.75. The third kappa shape index (κ3) is 8.76. The summed E-state index contributed by atoms with van der Waals surface area (Å²) < 4.78 is 36.3. The zero-order chi connectivity index (χ0) is 15.9. The van der Waals surface area contributed by atoms with Crippen LogP contribution >= 0.6 is 0 Å². The van der Waals surface area contributed by atoms with Gasteiger partial charge in [-0.05, 0) is 36.8 Å². The van der Waals surface area contributed by atoms with Crippen molar-refractivity contribution in [2.24, 2.45) is 5.41 Å². The van der Waals surface area contributed by atoms with E-state index in [4.69, 9.17) is 0 Å².